The molecule has 0 saturated carbocycles. The Labute approximate surface area is 227 Å². The van der Waals surface area contributed by atoms with Crippen LogP contribution in [0, 0.1) is 0 Å². The van der Waals surface area contributed by atoms with Gasteiger partial charge in [-0.2, -0.15) is 0 Å². The lowest BCUT2D eigenvalue weighted by atomic mass is 10.0. The van der Waals surface area contributed by atoms with E-state index in [0.717, 1.165) is 12.8 Å². The highest BCUT2D eigenvalue weighted by atomic mass is 33.1. The van der Waals surface area contributed by atoms with Gasteiger partial charge in [-0.25, -0.2) is 0 Å². The molecule has 0 fully saturated rings. The maximum absolute atomic E-state index is 6.27. The van der Waals surface area contributed by atoms with E-state index in [9.17, 15) is 0 Å². The lowest BCUT2D eigenvalue weighted by Gasteiger charge is -2.19. The molecule has 0 heterocycles. The van der Waals surface area contributed by atoms with Crippen molar-refractivity contribution in [3.8, 4) is 0 Å². The first-order valence-electron chi connectivity index (χ1n) is 14.5. The Morgan fingerprint density at radius 2 is 0.771 bits per heavy atom. The molecule has 0 aliphatic heterocycles. The Morgan fingerprint density at radius 1 is 0.457 bits per heavy atom. The third-order valence-corrected chi connectivity index (χ3v) is 11.2. The van der Waals surface area contributed by atoms with Crippen LogP contribution in [0.25, 0.3) is 0 Å². The van der Waals surface area contributed by atoms with Crippen molar-refractivity contribution in [1.82, 2.24) is 0 Å². The van der Waals surface area contributed by atoms with Gasteiger partial charge in [0.1, 0.15) is 0 Å². The van der Waals surface area contributed by atoms with Crippen LogP contribution in [0.3, 0.4) is 0 Å². The van der Waals surface area contributed by atoms with Gasteiger partial charge in [0.15, 0.2) is 0 Å². The van der Waals surface area contributed by atoms with Crippen molar-refractivity contribution >= 4 is 29.5 Å². The molecule has 0 N–H and O–H groups in total. The highest BCUT2D eigenvalue weighted by Gasteiger charge is 2.16. The van der Waals surface area contributed by atoms with Gasteiger partial charge in [0, 0.05) is 9.79 Å². The molecule has 0 radical (unpaired) electrons. The second kappa shape index (κ2) is 18.5. The molecular weight excluding hydrogens is 481 g/mol. The van der Waals surface area contributed by atoms with Gasteiger partial charge >= 0.3 is 0 Å². The first-order chi connectivity index (χ1) is 17.1. The van der Waals surface area contributed by atoms with Crippen LogP contribution in [-0.2, 0) is 42.4 Å². The topological polar surface area (TPSA) is 0 Å². The van der Waals surface area contributed by atoms with Crippen molar-refractivity contribution in [1.29, 1.82) is 0 Å². The average Bonchev–Trinajstić information content (AvgIpc) is 2.87. The molecule has 0 atom stereocenters. The van der Waals surface area contributed by atoms with Gasteiger partial charge in [0.2, 0.25) is 0 Å². The van der Waals surface area contributed by atoms with Gasteiger partial charge in [-0.05, 0) is 78.5 Å². The summed E-state index contributed by atoms with van der Waals surface area (Å²) in [6.07, 6.45) is 23.8. The number of rotatable bonds is 20. The molecule has 0 bridgehead atoms. The van der Waals surface area contributed by atoms with Gasteiger partial charge in [0.25, 0.3) is 0 Å². The first-order valence-corrected chi connectivity index (χ1v) is 18.0. The minimum atomic E-state index is -1.85. The fraction of sp³-hybridized carbons (Fsp3) is 0.625. The van der Waals surface area contributed by atoms with E-state index in [4.69, 9.17) is 22.4 Å². The fourth-order valence-electron chi connectivity index (χ4n) is 4.96. The summed E-state index contributed by atoms with van der Waals surface area (Å²) in [7, 11) is -1.85. The maximum atomic E-state index is 6.27. The first kappa shape index (κ1) is 30.5. The van der Waals surface area contributed by atoms with Crippen molar-refractivity contribution < 1.29 is 0 Å². The highest BCUT2D eigenvalue weighted by Crippen LogP contribution is 2.30. The molecule has 0 amide bonds. The summed E-state index contributed by atoms with van der Waals surface area (Å²) in [5.74, 6) is 0. The van der Waals surface area contributed by atoms with Crippen molar-refractivity contribution in [2.45, 2.75) is 139 Å². The zero-order valence-electron chi connectivity index (χ0n) is 22.6. The highest BCUT2D eigenvalue weighted by molar-refractivity contribution is 8.56. The SMILES string of the molecule is CCCCCCCCCCc1ccccc1S(=S)(=S)c1ccccc1CCCCCCCCCC. The van der Waals surface area contributed by atoms with Crippen LogP contribution in [-0.4, -0.2) is 0 Å². The lowest BCUT2D eigenvalue weighted by molar-refractivity contribution is 0.574. The summed E-state index contributed by atoms with van der Waals surface area (Å²) in [4.78, 5) is 2.49. The summed E-state index contributed by atoms with van der Waals surface area (Å²) >= 11 is 12.5. The lowest BCUT2D eigenvalue weighted by Crippen LogP contribution is -2.06. The summed E-state index contributed by atoms with van der Waals surface area (Å²) in [6, 6.07) is 17.6. The molecule has 0 spiro atoms. The molecule has 0 unspecified atom stereocenters. The Kier molecular flexibility index (Phi) is 16.1. The normalized spacial score (nSPS) is 11.7. The molecule has 2 aromatic carbocycles. The second-order valence-corrected chi connectivity index (χ2v) is 15.7. The van der Waals surface area contributed by atoms with Gasteiger partial charge in [-0.3, -0.25) is 0 Å². The van der Waals surface area contributed by atoms with Gasteiger partial charge < -0.3 is 0 Å². The van der Waals surface area contributed by atoms with Crippen molar-refractivity contribution in [2.75, 3.05) is 0 Å². The summed E-state index contributed by atoms with van der Waals surface area (Å²) in [6.45, 7) is 4.57. The zero-order valence-corrected chi connectivity index (χ0v) is 25.0. The van der Waals surface area contributed by atoms with E-state index >= 15 is 0 Å². The quantitative estimate of drug-likeness (QED) is 0.156. The molecular formula is C32H50S3. The van der Waals surface area contributed by atoms with Crippen LogP contribution < -0.4 is 0 Å². The van der Waals surface area contributed by atoms with E-state index < -0.39 is 7.15 Å². The molecule has 0 aromatic heterocycles. The second-order valence-electron chi connectivity index (χ2n) is 10.2. The monoisotopic (exact) mass is 530 g/mol. The zero-order chi connectivity index (χ0) is 25.2. The predicted octanol–water partition coefficient (Wildman–Crippen LogP) is 10.5. The predicted molar refractivity (Wildman–Crippen MR) is 164 cm³/mol. The number of hydrogen-bond donors (Lipinski definition) is 0. The summed E-state index contributed by atoms with van der Waals surface area (Å²) in [5, 5.41) is 0. The standard InChI is InChI=1S/C32H50S3/c1-3-5-7-9-11-13-15-17-23-29-25-19-21-27-31(29)35(33,34)32-28-22-20-26-30(32)24-18-16-14-12-10-8-6-4-2/h19-22,25-28H,3-18,23-24H2,1-2H3. The minimum absolute atomic E-state index is 1.10. The van der Waals surface area contributed by atoms with Gasteiger partial charge in [-0.15, -0.1) is 0 Å². The Hall–Kier alpha value is -0.770. The van der Waals surface area contributed by atoms with E-state index in [1.54, 1.807) is 0 Å². The van der Waals surface area contributed by atoms with Crippen molar-refractivity contribution in [3.63, 3.8) is 0 Å². The molecule has 2 rings (SSSR count). The molecule has 35 heavy (non-hydrogen) atoms. The Morgan fingerprint density at radius 3 is 1.14 bits per heavy atom. The maximum Gasteiger partial charge on any atom is 0.0234 e. The van der Waals surface area contributed by atoms with Gasteiger partial charge in [0.05, 0.1) is 0 Å². The molecule has 0 nitrogen and oxygen atoms in total. The van der Waals surface area contributed by atoms with E-state index in [1.807, 2.05) is 0 Å². The van der Waals surface area contributed by atoms with Crippen LogP contribution in [0.2, 0.25) is 0 Å². The third-order valence-electron chi connectivity index (χ3n) is 7.12. The molecule has 3 heteroatoms. The van der Waals surface area contributed by atoms with E-state index in [2.05, 4.69) is 62.4 Å². The number of aryl methyl sites for hydroxylation is 2. The molecule has 196 valence electrons. The fourth-order valence-corrected chi connectivity index (χ4v) is 8.70. The van der Waals surface area contributed by atoms with E-state index in [-0.39, 0.29) is 0 Å². The van der Waals surface area contributed by atoms with Crippen LogP contribution >= 0.6 is 0 Å². The largest absolute Gasteiger partial charge is 0.0654 e. The summed E-state index contributed by atoms with van der Waals surface area (Å²) < 4.78 is 0. The molecule has 0 aliphatic carbocycles. The van der Waals surface area contributed by atoms with Crippen molar-refractivity contribution in [3.05, 3.63) is 59.7 Å². The Balaban J connectivity index is 1.94. The number of benzene rings is 2. The average molecular weight is 531 g/mol. The van der Waals surface area contributed by atoms with Crippen LogP contribution in [0.1, 0.15) is 128 Å². The van der Waals surface area contributed by atoms with Crippen LogP contribution in [0.5, 0.6) is 0 Å². The van der Waals surface area contributed by atoms with E-state index in [1.165, 1.54) is 124 Å². The number of unbranched alkanes of at least 4 members (excludes halogenated alkanes) is 14. The summed E-state index contributed by atoms with van der Waals surface area (Å²) in [5.41, 5.74) is 2.78. The molecule has 0 aliphatic rings. The number of hydrogen-bond acceptors (Lipinski definition) is 2. The van der Waals surface area contributed by atoms with E-state index in [0.29, 0.717) is 0 Å². The van der Waals surface area contributed by atoms with Crippen LogP contribution in [0.15, 0.2) is 58.3 Å². The molecule has 2 aromatic rings. The Bertz CT molecular complexity index is 844. The molecule has 0 saturated heterocycles. The van der Waals surface area contributed by atoms with Crippen molar-refractivity contribution in [2.24, 2.45) is 0 Å². The smallest absolute Gasteiger partial charge is 0.0234 e. The minimum Gasteiger partial charge on any atom is -0.0654 e. The third kappa shape index (κ3) is 11.4. The van der Waals surface area contributed by atoms with Crippen LogP contribution in [0.4, 0.5) is 0 Å². The van der Waals surface area contributed by atoms with Gasteiger partial charge in [-0.1, -0.05) is 140 Å².